The van der Waals surface area contributed by atoms with Crippen LogP contribution in [0.5, 0.6) is 0 Å². The molecule has 144 valence electrons. The second kappa shape index (κ2) is 7.59. The summed E-state index contributed by atoms with van der Waals surface area (Å²) in [4.78, 5) is 39.3. The number of non-ortho nitro benzene ring substituents is 1. The first-order valence-corrected chi connectivity index (χ1v) is 8.76. The van der Waals surface area contributed by atoms with E-state index in [9.17, 15) is 19.7 Å². The zero-order chi connectivity index (χ0) is 20.4. The van der Waals surface area contributed by atoms with Gasteiger partial charge in [0.05, 0.1) is 28.2 Å². The topological polar surface area (TPSA) is 107 Å². The standard InChI is InChI=1S/C20H20N4O4/c1-12-4-5-15(8-13(12)2)14(3)22-19(25)10-23-11-21-18-9-16(24(27)28)6-7-17(18)20(23)26/h4-9,11,14H,10H2,1-3H3,(H,22,25). The summed E-state index contributed by atoms with van der Waals surface area (Å²) in [6.07, 6.45) is 1.23. The Morgan fingerprint density at radius 3 is 2.64 bits per heavy atom. The number of nitro benzene ring substituents is 1. The molecule has 1 heterocycles. The molecule has 1 N–H and O–H groups in total. The first-order chi connectivity index (χ1) is 13.3. The van der Waals surface area contributed by atoms with Gasteiger partial charge in [-0.3, -0.25) is 24.3 Å². The number of aryl methyl sites for hydroxylation is 2. The lowest BCUT2D eigenvalue weighted by Crippen LogP contribution is -2.34. The summed E-state index contributed by atoms with van der Waals surface area (Å²) in [7, 11) is 0. The maximum absolute atomic E-state index is 12.6. The number of nitrogens with zero attached hydrogens (tertiary/aromatic N) is 3. The van der Waals surface area contributed by atoms with E-state index in [4.69, 9.17) is 0 Å². The van der Waals surface area contributed by atoms with Gasteiger partial charge in [-0.2, -0.15) is 0 Å². The van der Waals surface area contributed by atoms with E-state index in [1.165, 1.54) is 34.7 Å². The van der Waals surface area contributed by atoms with Crippen LogP contribution in [0.25, 0.3) is 10.9 Å². The normalized spacial score (nSPS) is 12.0. The Labute approximate surface area is 161 Å². The van der Waals surface area contributed by atoms with E-state index in [1.54, 1.807) is 0 Å². The predicted octanol–water partition coefficient (Wildman–Crippen LogP) is 2.80. The molecule has 0 spiro atoms. The zero-order valence-corrected chi connectivity index (χ0v) is 15.8. The average Bonchev–Trinajstić information content (AvgIpc) is 2.65. The number of aromatic nitrogens is 2. The molecule has 0 bridgehead atoms. The van der Waals surface area contributed by atoms with Crippen LogP contribution >= 0.6 is 0 Å². The Hall–Kier alpha value is -3.55. The second-order valence-corrected chi connectivity index (χ2v) is 6.77. The molecule has 0 fully saturated rings. The fourth-order valence-electron chi connectivity index (χ4n) is 2.93. The van der Waals surface area contributed by atoms with Gasteiger partial charge in [0.25, 0.3) is 11.2 Å². The third-order valence-electron chi connectivity index (χ3n) is 4.74. The molecular weight excluding hydrogens is 360 g/mol. The van der Waals surface area contributed by atoms with Crippen LogP contribution in [0.15, 0.2) is 47.5 Å². The Balaban J connectivity index is 1.78. The Bertz CT molecular complexity index is 1140. The van der Waals surface area contributed by atoms with Crippen LogP contribution in [0.1, 0.15) is 29.7 Å². The van der Waals surface area contributed by atoms with E-state index in [-0.39, 0.29) is 35.1 Å². The van der Waals surface area contributed by atoms with Crippen LogP contribution < -0.4 is 10.9 Å². The van der Waals surface area contributed by atoms with Crippen LogP contribution in [-0.4, -0.2) is 20.4 Å². The molecule has 2 aromatic carbocycles. The van der Waals surface area contributed by atoms with Gasteiger partial charge in [-0.25, -0.2) is 4.98 Å². The minimum absolute atomic E-state index is 0.142. The molecular formula is C20H20N4O4. The van der Waals surface area contributed by atoms with Gasteiger partial charge in [0.1, 0.15) is 6.54 Å². The van der Waals surface area contributed by atoms with Gasteiger partial charge in [-0.15, -0.1) is 0 Å². The molecule has 3 rings (SSSR count). The number of amides is 1. The lowest BCUT2D eigenvalue weighted by atomic mass is 10.0. The summed E-state index contributed by atoms with van der Waals surface area (Å²) in [6.45, 7) is 5.73. The van der Waals surface area contributed by atoms with Crippen molar-refractivity contribution >= 4 is 22.5 Å². The highest BCUT2D eigenvalue weighted by molar-refractivity contribution is 5.80. The fraction of sp³-hybridized carbons (Fsp3) is 0.250. The number of nitrogens with one attached hydrogen (secondary N) is 1. The van der Waals surface area contributed by atoms with Crippen LogP contribution in [0.3, 0.4) is 0 Å². The van der Waals surface area contributed by atoms with Crippen molar-refractivity contribution in [1.82, 2.24) is 14.9 Å². The molecule has 0 saturated heterocycles. The molecule has 1 amide bonds. The van der Waals surface area contributed by atoms with Gasteiger partial charge in [-0.05, 0) is 43.5 Å². The van der Waals surface area contributed by atoms with E-state index in [2.05, 4.69) is 10.3 Å². The van der Waals surface area contributed by atoms with E-state index in [0.717, 1.165) is 11.1 Å². The maximum Gasteiger partial charge on any atom is 0.271 e. The number of nitro groups is 1. The highest BCUT2D eigenvalue weighted by atomic mass is 16.6. The van der Waals surface area contributed by atoms with Gasteiger partial charge in [0, 0.05) is 12.1 Å². The highest BCUT2D eigenvalue weighted by Gasteiger charge is 2.14. The number of benzene rings is 2. The number of carbonyl (C=O) groups is 1. The van der Waals surface area contributed by atoms with Crippen LogP contribution in [0.4, 0.5) is 5.69 Å². The van der Waals surface area contributed by atoms with Crippen LogP contribution in [0.2, 0.25) is 0 Å². The van der Waals surface area contributed by atoms with E-state index >= 15 is 0 Å². The third-order valence-corrected chi connectivity index (χ3v) is 4.74. The lowest BCUT2D eigenvalue weighted by molar-refractivity contribution is -0.384. The molecule has 3 aromatic rings. The minimum Gasteiger partial charge on any atom is -0.348 e. The van der Waals surface area contributed by atoms with Crippen molar-refractivity contribution in [3.05, 3.63) is 79.9 Å². The van der Waals surface area contributed by atoms with Crippen molar-refractivity contribution in [2.24, 2.45) is 0 Å². The first kappa shape index (κ1) is 19.2. The van der Waals surface area contributed by atoms with E-state index in [0.29, 0.717) is 0 Å². The summed E-state index contributed by atoms with van der Waals surface area (Å²) in [6, 6.07) is 9.62. The minimum atomic E-state index is -0.547. The molecule has 1 atom stereocenters. The summed E-state index contributed by atoms with van der Waals surface area (Å²) in [5, 5.41) is 13.9. The molecule has 28 heavy (non-hydrogen) atoms. The van der Waals surface area contributed by atoms with Crippen LogP contribution in [0, 0.1) is 24.0 Å². The van der Waals surface area contributed by atoms with Crippen molar-refractivity contribution in [2.75, 3.05) is 0 Å². The smallest absolute Gasteiger partial charge is 0.271 e. The van der Waals surface area contributed by atoms with Gasteiger partial charge in [0.2, 0.25) is 5.91 Å². The van der Waals surface area contributed by atoms with E-state index < -0.39 is 10.5 Å². The predicted molar refractivity (Wildman–Crippen MR) is 105 cm³/mol. The highest BCUT2D eigenvalue weighted by Crippen LogP contribution is 2.17. The summed E-state index contributed by atoms with van der Waals surface area (Å²) in [5.74, 6) is -0.323. The lowest BCUT2D eigenvalue weighted by Gasteiger charge is -2.16. The van der Waals surface area contributed by atoms with Crippen molar-refractivity contribution in [1.29, 1.82) is 0 Å². The first-order valence-electron chi connectivity index (χ1n) is 8.76. The molecule has 0 saturated carbocycles. The number of carbonyl (C=O) groups excluding carboxylic acids is 1. The maximum atomic E-state index is 12.6. The third kappa shape index (κ3) is 3.90. The molecule has 8 heteroatoms. The van der Waals surface area contributed by atoms with Crippen molar-refractivity contribution in [2.45, 2.75) is 33.4 Å². The number of rotatable bonds is 5. The zero-order valence-electron chi connectivity index (χ0n) is 15.8. The second-order valence-electron chi connectivity index (χ2n) is 6.77. The molecule has 8 nitrogen and oxygen atoms in total. The largest absolute Gasteiger partial charge is 0.348 e. The number of fused-ring (bicyclic) bond motifs is 1. The number of hydrogen-bond donors (Lipinski definition) is 1. The SMILES string of the molecule is Cc1ccc(C(C)NC(=O)Cn2cnc3cc([N+](=O)[O-])ccc3c2=O)cc1C. The summed E-state index contributed by atoms with van der Waals surface area (Å²) >= 11 is 0. The molecule has 0 aliphatic heterocycles. The van der Waals surface area contributed by atoms with E-state index in [1.807, 2.05) is 39.0 Å². The van der Waals surface area contributed by atoms with Gasteiger partial charge >= 0.3 is 0 Å². The Morgan fingerprint density at radius 2 is 1.96 bits per heavy atom. The molecule has 0 aliphatic rings. The van der Waals surface area contributed by atoms with Gasteiger partial charge in [-0.1, -0.05) is 18.2 Å². The fourth-order valence-corrected chi connectivity index (χ4v) is 2.93. The van der Waals surface area contributed by atoms with Crippen molar-refractivity contribution in [3.63, 3.8) is 0 Å². The van der Waals surface area contributed by atoms with Crippen LogP contribution in [-0.2, 0) is 11.3 Å². The summed E-state index contributed by atoms with van der Waals surface area (Å²) in [5.41, 5.74) is 2.96. The number of hydrogen-bond acceptors (Lipinski definition) is 5. The monoisotopic (exact) mass is 380 g/mol. The Kier molecular flexibility index (Phi) is 5.21. The van der Waals surface area contributed by atoms with Crippen molar-refractivity contribution in [3.8, 4) is 0 Å². The molecule has 1 unspecified atom stereocenters. The Morgan fingerprint density at radius 1 is 1.21 bits per heavy atom. The van der Waals surface area contributed by atoms with Gasteiger partial charge < -0.3 is 5.32 Å². The average molecular weight is 380 g/mol. The quantitative estimate of drug-likeness (QED) is 0.541. The molecule has 0 aliphatic carbocycles. The van der Waals surface area contributed by atoms with Crippen molar-refractivity contribution < 1.29 is 9.72 Å². The summed E-state index contributed by atoms with van der Waals surface area (Å²) < 4.78 is 1.19. The molecule has 1 aromatic heterocycles. The molecule has 0 radical (unpaired) electrons. The van der Waals surface area contributed by atoms with Gasteiger partial charge in [0.15, 0.2) is 0 Å².